The highest BCUT2D eigenvalue weighted by atomic mass is 32.2. The maximum atomic E-state index is 12.6. The first-order chi connectivity index (χ1) is 8.87. The minimum Gasteiger partial charge on any atom is -0.326 e. The Morgan fingerprint density at radius 2 is 2.21 bits per heavy atom. The first kappa shape index (κ1) is 14.4. The van der Waals surface area contributed by atoms with E-state index in [1.165, 1.54) is 4.31 Å². The molecule has 1 atom stereocenters. The summed E-state index contributed by atoms with van der Waals surface area (Å²) in [5.41, 5.74) is 6.91. The Kier molecular flexibility index (Phi) is 3.95. The van der Waals surface area contributed by atoms with Gasteiger partial charge in [0.05, 0.1) is 0 Å². The van der Waals surface area contributed by atoms with Crippen molar-refractivity contribution in [2.45, 2.75) is 31.0 Å². The van der Waals surface area contributed by atoms with E-state index in [9.17, 15) is 8.42 Å². The van der Waals surface area contributed by atoms with Crippen molar-refractivity contribution in [3.63, 3.8) is 0 Å². The molecule has 0 aromatic carbocycles. The number of aromatic nitrogens is 2. The zero-order valence-electron chi connectivity index (χ0n) is 11.5. The molecule has 0 bridgehead atoms. The first-order valence-corrected chi connectivity index (χ1v) is 7.72. The molecular formula is C11H21N5O2S. The highest BCUT2D eigenvalue weighted by molar-refractivity contribution is 7.89. The standard InChI is InChI=1S/C11H21N5O2S/c1-8-10(6-12)11(14-13-8)19(17,18)16-5-4-9(7-16)15(2)3/h9H,4-7,12H2,1-3H3,(H,13,14). The largest absolute Gasteiger partial charge is 0.326 e. The number of aryl methyl sites for hydroxylation is 1. The van der Waals surface area contributed by atoms with Crippen LogP contribution in [0.5, 0.6) is 0 Å². The monoisotopic (exact) mass is 287 g/mol. The van der Waals surface area contributed by atoms with Crippen molar-refractivity contribution >= 4 is 10.0 Å². The maximum Gasteiger partial charge on any atom is 0.262 e. The topological polar surface area (TPSA) is 95.3 Å². The lowest BCUT2D eigenvalue weighted by atomic mass is 10.2. The molecule has 0 spiro atoms. The molecule has 1 saturated heterocycles. The predicted molar refractivity (Wildman–Crippen MR) is 72.1 cm³/mol. The van der Waals surface area contributed by atoms with Gasteiger partial charge in [-0.3, -0.25) is 5.10 Å². The van der Waals surface area contributed by atoms with E-state index in [4.69, 9.17) is 5.73 Å². The first-order valence-electron chi connectivity index (χ1n) is 6.28. The number of hydrogen-bond acceptors (Lipinski definition) is 5. The Labute approximate surface area is 113 Å². The number of sulfonamides is 1. The lowest BCUT2D eigenvalue weighted by molar-refractivity contribution is 0.302. The minimum atomic E-state index is -3.54. The fraction of sp³-hybridized carbons (Fsp3) is 0.727. The number of nitrogens with one attached hydrogen (secondary N) is 1. The minimum absolute atomic E-state index is 0.0758. The second-order valence-electron chi connectivity index (χ2n) is 5.11. The summed E-state index contributed by atoms with van der Waals surface area (Å²) in [6, 6.07) is 0.260. The molecule has 2 heterocycles. The SMILES string of the molecule is Cc1[nH]nc(S(=O)(=O)N2CCC(N(C)C)C2)c1CN. The molecular weight excluding hydrogens is 266 g/mol. The average Bonchev–Trinajstić information content (AvgIpc) is 2.95. The summed E-state index contributed by atoms with van der Waals surface area (Å²) in [4.78, 5) is 2.05. The average molecular weight is 287 g/mol. The molecule has 0 saturated carbocycles. The van der Waals surface area contributed by atoms with Gasteiger partial charge in [-0.1, -0.05) is 0 Å². The summed E-state index contributed by atoms with van der Waals surface area (Å²) in [7, 11) is 0.383. The van der Waals surface area contributed by atoms with E-state index in [1.807, 2.05) is 14.1 Å². The molecule has 1 unspecified atom stereocenters. The molecule has 0 aliphatic carbocycles. The highest BCUT2D eigenvalue weighted by Gasteiger charge is 2.36. The van der Waals surface area contributed by atoms with E-state index in [-0.39, 0.29) is 17.6 Å². The summed E-state index contributed by atoms with van der Waals surface area (Å²) >= 11 is 0. The second kappa shape index (κ2) is 5.20. The van der Waals surface area contributed by atoms with Crippen LogP contribution in [0.4, 0.5) is 0 Å². The van der Waals surface area contributed by atoms with Crippen LogP contribution >= 0.6 is 0 Å². The van der Waals surface area contributed by atoms with Crippen molar-refractivity contribution in [1.29, 1.82) is 0 Å². The Bertz CT molecular complexity index is 551. The normalized spacial score (nSPS) is 21.4. The Morgan fingerprint density at radius 1 is 1.53 bits per heavy atom. The Balaban J connectivity index is 2.29. The van der Waals surface area contributed by atoms with E-state index in [0.717, 1.165) is 6.42 Å². The fourth-order valence-corrected chi connectivity index (χ4v) is 4.02. The van der Waals surface area contributed by atoms with Crippen molar-refractivity contribution in [2.75, 3.05) is 27.2 Å². The summed E-state index contributed by atoms with van der Waals surface area (Å²) < 4.78 is 26.6. The van der Waals surface area contributed by atoms with Gasteiger partial charge in [0.15, 0.2) is 5.03 Å². The van der Waals surface area contributed by atoms with Gasteiger partial charge in [0.2, 0.25) is 0 Å². The molecule has 1 aromatic heterocycles. The van der Waals surface area contributed by atoms with Crippen LogP contribution in [-0.2, 0) is 16.6 Å². The van der Waals surface area contributed by atoms with Crippen LogP contribution in [0.3, 0.4) is 0 Å². The third-order valence-electron chi connectivity index (χ3n) is 3.68. The lowest BCUT2D eigenvalue weighted by Gasteiger charge is -2.19. The lowest BCUT2D eigenvalue weighted by Crippen LogP contribution is -2.35. The van der Waals surface area contributed by atoms with Gasteiger partial charge < -0.3 is 10.6 Å². The second-order valence-corrected chi connectivity index (χ2v) is 6.96. The number of nitrogens with two attached hydrogens (primary N) is 1. The van der Waals surface area contributed by atoms with Gasteiger partial charge in [-0.15, -0.1) is 0 Å². The fourth-order valence-electron chi connectivity index (χ4n) is 2.36. The van der Waals surface area contributed by atoms with Crippen molar-refractivity contribution in [2.24, 2.45) is 5.73 Å². The van der Waals surface area contributed by atoms with Crippen molar-refractivity contribution in [3.8, 4) is 0 Å². The van der Waals surface area contributed by atoms with Gasteiger partial charge >= 0.3 is 0 Å². The molecule has 1 aliphatic rings. The molecule has 1 fully saturated rings. The number of likely N-dealkylation sites (N-methyl/N-ethyl adjacent to an activating group) is 1. The predicted octanol–water partition coefficient (Wildman–Crippen LogP) is -0.499. The van der Waals surface area contributed by atoms with Crippen LogP contribution in [0.2, 0.25) is 0 Å². The number of nitrogens with zero attached hydrogens (tertiary/aromatic N) is 3. The number of aromatic amines is 1. The van der Waals surface area contributed by atoms with Crippen LogP contribution in [0.1, 0.15) is 17.7 Å². The van der Waals surface area contributed by atoms with Gasteiger partial charge in [0.25, 0.3) is 10.0 Å². The summed E-state index contributed by atoms with van der Waals surface area (Å²) in [5, 5.41) is 6.71. The molecule has 1 aliphatic heterocycles. The summed E-state index contributed by atoms with van der Waals surface area (Å²) in [6.07, 6.45) is 0.841. The Morgan fingerprint density at radius 3 is 2.74 bits per heavy atom. The molecule has 1 aromatic rings. The van der Waals surface area contributed by atoms with Crippen LogP contribution < -0.4 is 5.73 Å². The molecule has 0 radical (unpaired) electrons. The molecule has 19 heavy (non-hydrogen) atoms. The molecule has 0 amide bonds. The van der Waals surface area contributed by atoms with Crippen molar-refractivity contribution in [1.82, 2.24) is 19.4 Å². The number of hydrogen-bond donors (Lipinski definition) is 2. The third-order valence-corrected chi connectivity index (χ3v) is 5.52. The van der Waals surface area contributed by atoms with Crippen molar-refractivity contribution in [3.05, 3.63) is 11.3 Å². The Hall–Kier alpha value is -0.960. The van der Waals surface area contributed by atoms with Crippen LogP contribution in [0.15, 0.2) is 5.03 Å². The molecule has 2 rings (SSSR count). The molecule has 3 N–H and O–H groups in total. The highest BCUT2D eigenvalue weighted by Crippen LogP contribution is 2.24. The molecule has 7 nitrogen and oxygen atoms in total. The zero-order valence-corrected chi connectivity index (χ0v) is 12.4. The van der Waals surface area contributed by atoms with Crippen molar-refractivity contribution < 1.29 is 8.42 Å². The summed E-state index contributed by atoms with van der Waals surface area (Å²) in [5.74, 6) is 0. The van der Waals surface area contributed by atoms with Gasteiger partial charge in [-0.2, -0.15) is 9.40 Å². The van der Waals surface area contributed by atoms with E-state index in [0.29, 0.717) is 24.3 Å². The smallest absolute Gasteiger partial charge is 0.262 e. The van der Waals surface area contributed by atoms with E-state index in [1.54, 1.807) is 6.92 Å². The summed E-state index contributed by atoms with van der Waals surface area (Å²) in [6.45, 7) is 2.98. The van der Waals surface area contributed by atoms with Gasteiger partial charge in [-0.05, 0) is 27.4 Å². The van der Waals surface area contributed by atoms with Crippen LogP contribution in [-0.4, -0.2) is 61.0 Å². The maximum absolute atomic E-state index is 12.6. The number of rotatable bonds is 4. The number of H-pyrrole nitrogens is 1. The third kappa shape index (κ3) is 2.53. The van der Waals surface area contributed by atoms with Gasteiger partial charge in [-0.25, -0.2) is 8.42 Å². The van der Waals surface area contributed by atoms with Crippen LogP contribution in [0.25, 0.3) is 0 Å². The van der Waals surface area contributed by atoms with Gasteiger partial charge in [0, 0.05) is 36.9 Å². The zero-order chi connectivity index (χ0) is 14.2. The quantitative estimate of drug-likeness (QED) is 0.778. The van der Waals surface area contributed by atoms with E-state index < -0.39 is 10.0 Å². The van der Waals surface area contributed by atoms with Crippen LogP contribution in [0, 0.1) is 6.92 Å². The van der Waals surface area contributed by atoms with E-state index in [2.05, 4.69) is 15.1 Å². The molecule has 108 valence electrons. The van der Waals surface area contributed by atoms with Gasteiger partial charge in [0.1, 0.15) is 0 Å². The van der Waals surface area contributed by atoms with E-state index >= 15 is 0 Å². The molecule has 8 heteroatoms.